The number of hydrogen-bond acceptors (Lipinski definition) is 4. The molecule has 2 aromatic carbocycles. The van der Waals surface area contributed by atoms with E-state index in [-0.39, 0.29) is 6.61 Å². The number of ether oxygens (including phenoxy) is 2. The van der Waals surface area contributed by atoms with Gasteiger partial charge in [-0.15, -0.1) is 0 Å². The smallest absolute Gasteiger partial charge is 0.286 e. The van der Waals surface area contributed by atoms with Crippen molar-refractivity contribution in [3.05, 3.63) is 59.3 Å². The molecule has 0 radical (unpaired) electrons. The van der Waals surface area contributed by atoms with Crippen LogP contribution in [0.1, 0.15) is 21.6 Å². The molecule has 27 heavy (non-hydrogen) atoms. The lowest BCUT2D eigenvalue weighted by Crippen LogP contribution is -2.44. The number of rotatable bonds is 5. The molecule has 140 valence electrons. The number of aromatic amines is 1. The van der Waals surface area contributed by atoms with Crippen molar-refractivity contribution < 1.29 is 19.1 Å². The number of carbonyl (C=O) groups is 2. The van der Waals surface area contributed by atoms with Gasteiger partial charge in [0, 0.05) is 17.0 Å². The van der Waals surface area contributed by atoms with Gasteiger partial charge >= 0.3 is 0 Å². The molecule has 0 saturated heterocycles. The van der Waals surface area contributed by atoms with Gasteiger partial charge in [0.25, 0.3) is 11.8 Å². The average Bonchev–Trinajstić information content (AvgIpc) is 3.10. The molecule has 1 heterocycles. The summed E-state index contributed by atoms with van der Waals surface area (Å²) in [5.41, 5.74) is 7.79. The fourth-order valence-corrected chi connectivity index (χ4v) is 2.59. The molecule has 0 bridgehead atoms. The summed E-state index contributed by atoms with van der Waals surface area (Å²) in [6, 6.07) is 12.9. The van der Waals surface area contributed by atoms with Crippen molar-refractivity contribution in [3.63, 3.8) is 0 Å². The number of hydrogen-bond donors (Lipinski definition) is 3. The van der Waals surface area contributed by atoms with Gasteiger partial charge in [0.2, 0.25) is 0 Å². The standard InChI is InChI=1S/C20H21N3O4/c1-12-4-5-13(2)18(8-12)27-11-19(24)22-23-20(25)17-9-14-6-7-15(26-3)10-16(14)21-17/h4-10,21H,11H2,1-3H3,(H,22,24)(H,23,25). The van der Waals surface area contributed by atoms with Crippen LogP contribution < -0.4 is 20.3 Å². The molecule has 7 heteroatoms. The third-order valence-corrected chi connectivity index (χ3v) is 4.09. The third-order valence-electron chi connectivity index (χ3n) is 4.09. The van der Waals surface area contributed by atoms with E-state index in [1.54, 1.807) is 19.2 Å². The van der Waals surface area contributed by atoms with Crippen molar-refractivity contribution in [2.45, 2.75) is 13.8 Å². The summed E-state index contributed by atoms with van der Waals surface area (Å²) >= 11 is 0. The summed E-state index contributed by atoms with van der Waals surface area (Å²) in [6.45, 7) is 3.65. The molecule has 0 aliphatic heterocycles. The lowest BCUT2D eigenvalue weighted by molar-refractivity contribution is -0.123. The normalized spacial score (nSPS) is 10.5. The molecule has 2 amide bonds. The quantitative estimate of drug-likeness (QED) is 0.605. The lowest BCUT2D eigenvalue weighted by Gasteiger charge is -2.10. The largest absolute Gasteiger partial charge is 0.497 e. The molecule has 3 aromatic rings. The van der Waals surface area contributed by atoms with Crippen LogP contribution in [0.4, 0.5) is 0 Å². The van der Waals surface area contributed by atoms with Crippen LogP contribution in [-0.4, -0.2) is 30.5 Å². The van der Waals surface area contributed by atoms with E-state index < -0.39 is 11.8 Å². The maximum atomic E-state index is 12.2. The highest BCUT2D eigenvalue weighted by molar-refractivity contribution is 5.99. The molecule has 0 saturated carbocycles. The lowest BCUT2D eigenvalue weighted by atomic mass is 10.1. The van der Waals surface area contributed by atoms with Crippen LogP contribution in [0.2, 0.25) is 0 Å². The highest BCUT2D eigenvalue weighted by Crippen LogP contribution is 2.21. The molecular weight excluding hydrogens is 346 g/mol. The van der Waals surface area contributed by atoms with Gasteiger partial charge in [0.15, 0.2) is 6.61 Å². The molecule has 7 nitrogen and oxygen atoms in total. The Balaban J connectivity index is 1.55. The van der Waals surface area contributed by atoms with Gasteiger partial charge < -0.3 is 14.5 Å². The number of carbonyl (C=O) groups excluding carboxylic acids is 2. The molecule has 0 aliphatic rings. The van der Waals surface area contributed by atoms with Crippen molar-refractivity contribution in [2.24, 2.45) is 0 Å². The Morgan fingerprint density at radius 2 is 1.85 bits per heavy atom. The number of amides is 2. The van der Waals surface area contributed by atoms with Crippen molar-refractivity contribution in [2.75, 3.05) is 13.7 Å². The topological polar surface area (TPSA) is 92.5 Å². The van der Waals surface area contributed by atoms with Crippen LogP contribution in [0.5, 0.6) is 11.5 Å². The molecule has 0 aliphatic carbocycles. The zero-order valence-corrected chi connectivity index (χ0v) is 15.4. The number of fused-ring (bicyclic) bond motifs is 1. The van der Waals surface area contributed by atoms with E-state index in [0.717, 1.165) is 22.0 Å². The van der Waals surface area contributed by atoms with Crippen LogP contribution in [0.3, 0.4) is 0 Å². The van der Waals surface area contributed by atoms with E-state index in [1.165, 1.54) is 0 Å². The Morgan fingerprint density at radius 1 is 1.04 bits per heavy atom. The van der Waals surface area contributed by atoms with Gasteiger partial charge in [0.05, 0.1) is 7.11 Å². The molecule has 0 unspecified atom stereocenters. The van der Waals surface area contributed by atoms with Crippen LogP contribution in [0.25, 0.3) is 10.9 Å². The summed E-state index contributed by atoms with van der Waals surface area (Å²) in [5, 5.41) is 0.866. The molecule has 0 atom stereocenters. The summed E-state index contributed by atoms with van der Waals surface area (Å²) in [6.07, 6.45) is 0. The van der Waals surface area contributed by atoms with Crippen molar-refractivity contribution in [1.29, 1.82) is 0 Å². The molecule has 3 N–H and O–H groups in total. The molecule has 1 aromatic heterocycles. The Hall–Kier alpha value is -3.48. The average molecular weight is 367 g/mol. The highest BCUT2D eigenvalue weighted by atomic mass is 16.5. The van der Waals surface area contributed by atoms with E-state index in [1.807, 2.05) is 44.2 Å². The first-order chi connectivity index (χ1) is 13.0. The molecule has 3 rings (SSSR count). The minimum absolute atomic E-state index is 0.200. The predicted molar refractivity (Wildman–Crippen MR) is 102 cm³/mol. The maximum absolute atomic E-state index is 12.2. The van der Waals surface area contributed by atoms with E-state index in [2.05, 4.69) is 15.8 Å². The minimum atomic E-state index is -0.456. The minimum Gasteiger partial charge on any atom is -0.497 e. The molecule has 0 fully saturated rings. The van der Waals surface area contributed by atoms with Crippen LogP contribution in [0, 0.1) is 13.8 Å². The van der Waals surface area contributed by atoms with Crippen LogP contribution >= 0.6 is 0 Å². The SMILES string of the molecule is COc1ccc2cc(C(=O)NNC(=O)COc3cc(C)ccc3C)[nH]c2c1. The van der Waals surface area contributed by atoms with Gasteiger partial charge in [-0.2, -0.15) is 0 Å². The van der Waals surface area contributed by atoms with Gasteiger partial charge in [-0.3, -0.25) is 20.4 Å². The van der Waals surface area contributed by atoms with E-state index in [9.17, 15) is 9.59 Å². The van der Waals surface area contributed by atoms with Crippen LogP contribution in [0.15, 0.2) is 42.5 Å². The number of aromatic nitrogens is 1. The van der Waals surface area contributed by atoms with E-state index in [0.29, 0.717) is 17.2 Å². The van der Waals surface area contributed by atoms with Gasteiger partial charge in [0.1, 0.15) is 17.2 Å². The van der Waals surface area contributed by atoms with Crippen molar-refractivity contribution in [3.8, 4) is 11.5 Å². The number of aryl methyl sites for hydroxylation is 2. The monoisotopic (exact) mass is 367 g/mol. The number of benzene rings is 2. The third kappa shape index (κ3) is 4.38. The van der Waals surface area contributed by atoms with E-state index in [4.69, 9.17) is 9.47 Å². The fraction of sp³-hybridized carbons (Fsp3) is 0.200. The zero-order valence-electron chi connectivity index (χ0n) is 15.4. The first-order valence-electron chi connectivity index (χ1n) is 8.42. The van der Waals surface area contributed by atoms with Gasteiger partial charge in [-0.1, -0.05) is 12.1 Å². The Morgan fingerprint density at radius 3 is 2.63 bits per heavy atom. The number of hydrazine groups is 1. The van der Waals surface area contributed by atoms with Crippen molar-refractivity contribution in [1.82, 2.24) is 15.8 Å². The molecular formula is C20H21N3O4. The Labute approximate surface area is 156 Å². The summed E-state index contributed by atoms with van der Waals surface area (Å²) in [7, 11) is 1.58. The van der Waals surface area contributed by atoms with Gasteiger partial charge in [-0.25, -0.2) is 0 Å². The summed E-state index contributed by atoms with van der Waals surface area (Å²) in [5.74, 6) is 0.418. The summed E-state index contributed by atoms with van der Waals surface area (Å²) < 4.78 is 10.7. The second kappa shape index (κ2) is 7.82. The summed E-state index contributed by atoms with van der Waals surface area (Å²) in [4.78, 5) is 27.1. The second-order valence-electron chi connectivity index (χ2n) is 6.20. The first-order valence-corrected chi connectivity index (χ1v) is 8.42. The molecule has 0 spiro atoms. The van der Waals surface area contributed by atoms with Crippen LogP contribution in [-0.2, 0) is 4.79 Å². The fourth-order valence-electron chi connectivity index (χ4n) is 2.59. The number of nitrogens with one attached hydrogen (secondary N) is 3. The predicted octanol–water partition coefficient (Wildman–Crippen LogP) is 2.63. The Kier molecular flexibility index (Phi) is 5.30. The van der Waals surface area contributed by atoms with Gasteiger partial charge in [-0.05, 0) is 49.2 Å². The number of H-pyrrole nitrogens is 1. The maximum Gasteiger partial charge on any atom is 0.286 e. The highest BCUT2D eigenvalue weighted by Gasteiger charge is 2.12. The zero-order chi connectivity index (χ0) is 19.4. The van der Waals surface area contributed by atoms with Crippen molar-refractivity contribution >= 4 is 22.7 Å². The first kappa shape index (κ1) is 18.3. The second-order valence-corrected chi connectivity index (χ2v) is 6.20. The Bertz CT molecular complexity index is 994. The van der Waals surface area contributed by atoms with E-state index >= 15 is 0 Å². The number of methoxy groups -OCH3 is 1.